The number of esters is 1. The number of likely N-dealkylation sites (N-methyl/N-ethyl adjacent to an activating group) is 1. The molecule has 6 nitrogen and oxygen atoms in total. The lowest BCUT2D eigenvalue weighted by atomic mass is 10.1. The highest BCUT2D eigenvalue weighted by Crippen LogP contribution is 2.27. The Labute approximate surface area is 135 Å². The second-order valence-corrected chi connectivity index (χ2v) is 5.34. The van der Waals surface area contributed by atoms with Gasteiger partial charge in [0, 0.05) is 31.6 Å². The maximum atomic E-state index is 12.0. The Morgan fingerprint density at radius 1 is 1.22 bits per heavy atom. The minimum atomic E-state index is -0.365. The average molecular weight is 318 g/mol. The average Bonchev–Trinajstić information content (AvgIpc) is 3.00. The van der Waals surface area contributed by atoms with Crippen LogP contribution in [0.4, 0.5) is 0 Å². The van der Waals surface area contributed by atoms with E-state index in [4.69, 9.17) is 4.74 Å². The van der Waals surface area contributed by atoms with Crippen LogP contribution in [0.25, 0.3) is 10.9 Å². The highest BCUT2D eigenvalue weighted by Gasteiger charge is 2.13. The number of aromatic amines is 1. The highest BCUT2D eigenvalue weighted by atomic mass is 16.5. The fourth-order valence-electron chi connectivity index (χ4n) is 2.48. The summed E-state index contributed by atoms with van der Waals surface area (Å²) >= 11 is 0. The molecule has 1 N–H and O–H groups in total. The van der Waals surface area contributed by atoms with E-state index < -0.39 is 0 Å². The first-order chi connectivity index (χ1) is 11.1. The summed E-state index contributed by atoms with van der Waals surface area (Å²) in [7, 11) is 4.71. The number of hydrogen-bond donors (Lipinski definition) is 1. The van der Waals surface area contributed by atoms with Crippen molar-refractivity contribution >= 4 is 22.8 Å². The fraction of sp³-hybridized carbons (Fsp3) is 0.412. The molecule has 2 aromatic rings. The Hall–Kier alpha value is -2.50. The number of methoxy groups -OCH3 is 2. The number of rotatable bonds is 7. The second kappa shape index (κ2) is 7.67. The molecule has 1 amide bonds. The van der Waals surface area contributed by atoms with Gasteiger partial charge >= 0.3 is 5.97 Å². The first-order valence-electron chi connectivity index (χ1n) is 7.50. The number of aromatic nitrogens is 1. The zero-order chi connectivity index (χ0) is 16.8. The fourth-order valence-corrected chi connectivity index (χ4v) is 2.48. The van der Waals surface area contributed by atoms with Gasteiger partial charge in [0.2, 0.25) is 5.91 Å². The molecular formula is C17H22N2O4. The molecule has 23 heavy (non-hydrogen) atoms. The summed E-state index contributed by atoms with van der Waals surface area (Å²) in [5.41, 5.74) is 2.09. The summed E-state index contributed by atoms with van der Waals surface area (Å²) in [5.74, 6) is 0.375. The number of nitrogens with zero attached hydrogens (tertiary/aromatic N) is 1. The number of hydrogen-bond acceptors (Lipinski definition) is 4. The molecule has 0 atom stereocenters. The number of benzene rings is 1. The van der Waals surface area contributed by atoms with E-state index in [0.29, 0.717) is 6.54 Å². The molecule has 6 heteroatoms. The number of carbonyl (C=O) groups is 2. The van der Waals surface area contributed by atoms with Crippen LogP contribution < -0.4 is 4.74 Å². The van der Waals surface area contributed by atoms with E-state index in [2.05, 4.69) is 9.72 Å². The molecule has 0 spiro atoms. The maximum absolute atomic E-state index is 12.0. The number of nitrogens with one attached hydrogen (secondary N) is 1. The van der Waals surface area contributed by atoms with Crippen LogP contribution in [-0.2, 0) is 20.7 Å². The zero-order valence-corrected chi connectivity index (χ0v) is 13.7. The number of fused-ring (bicyclic) bond motifs is 1. The Balaban J connectivity index is 1.95. The molecule has 1 heterocycles. The Morgan fingerprint density at radius 2 is 2.00 bits per heavy atom. The van der Waals surface area contributed by atoms with Crippen molar-refractivity contribution in [3.8, 4) is 5.75 Å². The third-order valence-corrected chi connectivity index (χ3v) is 3.90. The van der Waals surface area contributed by atoms with Gasteiger partial charge in [-0.05, 0) is 18.1 Å². The summed E-state index contributed by atoms with van der Waals surface area (Å²) in [6.45, 7) is 0.587. The van der Waals surface area contributed by atoms with Crippen LogP contribution in [0.15, 0.2) is 24.4 Å². The summed E-state index contributed by atoms with van der Waals surface area (Å²) in [4.78, 5) is 27.9. The van der Waals surface area contributed by atoms with Crippen molar-refractivity contribution in [3.05, 3.63) is 30.0 Å². The van der Waals surface area contributed by atoms with E-state index in [1.165, 1.54) is 7.11 Å². The monoisotopic (exact) mass is 318 g/mol. The zero-order valence-electron chi connectivity index (χ0n) is 13.7. The number of para-hydroxylation sites is 1. The van der Waals surface area contributed by atoms with Crippen molar-refractivity contribution in [2.45, 2.75) is 19.3 Å². The van der Waals surface area contributed by atoms with Gasteiger partial charge in [0.1, 0.15) is 5.75 Å². The summed E-state index contributed by atoms with van der Waals surface area (Å²) in [5, 5.41) is 1.10. The van der Waals surface area contributed by atoms with Crippen LogP contribution in [-0.4, -0.2) is 49.6 Å². The minimum Gasteiger partial charge on any atom is -0.495 e. The molecule has 0 aliphatic rings. The summed E-state index contributed by atoms with van der Waals surface area (Å²) in [6, 6.07) is 5.89. The van der Waals surface area contributed by atoms with E-state index in [9.17, 15) is 9.59 Å². The molecule has 1 aromatic heterocycles. The quantitative estimate of drug-likeness (QED) is 0.794. The number of amides is 1. The first-order valence-corrected chi connectivity index (χ1v) is 7.50. The largest absolute Gasteiger partial charge is 0.495 e. The molecule has 0 unspecified atom stereocenters. The van der Waals surface area contributed by atoms with Crippen molar-refractivity contribution in [2.75, 3.05) is 27.8 Å². The van der Waals surface area contributed by atoms with Gasteiger partial charge in [0.05, 0.1) is 26.2 Å². The van der Waals surface area contributed by atoms with Crippen molar-refractivity contribution in [1.29, 1.82) is 0 Å². The lowest BCUT2D eigenvalue weighted by Crippen LogP contribution is -2.29. The highest BCUT2D eigenvalue weighted by molar-refractivity contribution is 5.88. The maximum Gasteiger partial charge on any atom is 0.306 e. The Kier molecular flexibility index (Phi) is 5.62. The molecule has 2 rings (SSSR count). The van der Waals surface area contributed by atoms with E-state index >= 15 is 0 Å². The standard InChI is InChI=1S/C17H22N2O4/c1-19(15(20)7-8-16(21)23-3)10-9-12-11-18-17-13(12)5-4-6-14(17)22-2/h4-6,11,18H,7-10H2,1-3H3. The van der Waals surface area contributed by atoms with Crippen molar-refractivity contribution in [3.63, 3.8) is 0 Å². The summed E-state index contributed by atoms with van der Waals surface area (Å²) in [6.07, 6.45) is 2.96. The van der Waals surface area contributed by atoms with Crippen LogP contribution in [0.3, 0.4) is 0 Å². The van der Waals surface area contributed by atoms with Crippen LogP contribution in [0.1, 0.15) is 18.4 Å². The molecule has 1 aromatic carbocycles. The van der Waals surface area contributed by atoms with Crippen molar-refractivity contribution in [1.82, 2.24) is 9.88 Å². The van der Waals surface area contributed by atoms with E-state index in [0.717, 1.165) is 28.6 Å². The molecule has 0 bridgehead atoms. The molecule has 0 radical (unpaired) electrons. The number of ether oxygens (including phenoxy) is 2. The van der Waals surface area contributed by atoms with Gasteiger partial charge in [-0.2, -0.15) is 0 Å². The van der Waals surface area contributed by atoms with Crippen molar-refractivity contribution < 1.29 is 19.1 Å². The van der Waals surface area contributed by atoms with Crippen molar-refractivity contribution in [2.24, 2.45) is 0 Å². The summed E-state index contributed by atoms with van der Waals surface area (Å²) < 4.78 is 9.87. The van der Waals surface area contributed by atoms with Crippen LogP contribution >= 0.6 is 0 Å². The molecule has 0 saturated heterocycles. The number of H-pyrrole nitrogens is 1. The molecule has 124 valence electrons. The normalized spacial score (nSPS) is 10.6. The Bertz CT molecular complexity index is 693. The minimum absolute atomic E-state index is 0.0622. The predicted octanol–water partition coefficient (Wildman–Crippen LogP) is 2.13. The predicted molar refractivity (Wildman–Crippen MR) is 87.4 cm³/mol. The van der Waals surface area contributed by atoms with Gasteiger partial charge in [-0.15, -0.1) is 0 Å². The van der Waals surface area contributed by atoms with Gasteiger partial charge in [0.15, 0.2) is 0 Å². The SMILES string of the molecule is COC(=O)CCC(=O)N(C)CCc1c[nH]c2c(OC)cccc12. The lowest BCUT2D eigenvalue weighted by Gasteiger charge is -2.16. The van der Waals surface area contributed by atoms with Gasteiger partial charge in [0.25, 0.3) is 0 Å². The molecule has 0 fully saturated rings. The molecule has 0 aliphatic carbocycles. The van der Waals surface area contributed by atoms with Crippen LogP contribution in [0.2, 0.25) is 0 Å². The van der Waals surface area contributed by atoms with E-state index in [-0.39, 0.29) is 24.7 Å². The van der Waals surface area contributed by atoms with E-state index in [1.54, 1.807) is 19.1 Å². The van der Waals surface area contributed by atoms with E-state index in [1.807, 2.05) is 24.4 Å². The lowest BCUT2D eigenvalue weighted by molar-refractivity contribution is -0.143. The van der Waals surface area contributed by atoms with Gasteiger partial charge in [-0.3, -0.25) is 9.59 Å². The third kappa shape index (κ3) is 4.03. The van der Waals surface area contributed by atoms with Gasteiger partial charge in [-0.1, -0.05) is 12.1 Å². The topological polar surface area (TPSA) is 71.6 Å². The number of carbonyl (C=O) groups excluding carboxylic acids is 2. The van der Waals surface area contributed by atoms with Crippen LogP contribution in [0, 0.1) is 0 Å². The smallest absolute Gasteiger partial charge is 0.306 e. The Morgan fingerprint density at radius 3 is 2.70 bits per heavy atom. The first kappa shape index (κ1) is 16.9. The molecule has 0 aliphatic heterocycles. The molecule has 0 saturated carbocycles. The van der Waals surface area contributed by atoms with Gasteiger partial charge in [-0.25, -0.2) is 0 Å². The second-order valence-electron chi connectivity index (χ2n) is 5.34. The van der Waals surface area contributed by atoms with Crippen LogP contribution in [0.5, 0.6) is 5.75 Å². The van der Waals surface area contributed by atoms with Gasteiger partial charge < -0.3 is 19.4 Å². The molecular weight excluding hydrogens is 296 g/mol. The third-order valence-electron chi connectivity index (χ3n) is 3.90.